The summed E-state index contributed by atoms with van der Waals surface area (Å²) < 4.78 is 60.0. The van der Waals surface area contributed by atoms with Crippen molar-refractivity contribution in [2.45, 2.75) is 58.8 Å². The normalized spacial score (nSPS) is 14.7. The number of hydrogen-bond acceptors (Lipinski definition) is 7. The van der Waals surface area contributed by atoms with Gasteiger partial charge in [-0.3, -0.25) is 4.79 Å². The van der Waals surface area contributed by atoms with Crippen molar-refractivity contribution in [1.82, 2.24) is 10.3 Å². The van der Waals surface area contributed by atoms with Gasteiger partial charge in [0.15, 0.2) is 23.0 Å². The molecule has 0 bridgehead atoms. The average Bonchev–Trinajstić information content (AvgIpc) is 3.40. The number of rotatable bonds is 9. The maximum atomic E-state index is 13.7. The maximum Gasteiger partial charge on any atom is 0.408 e. The second-order valence-electron chi connectivity index (χ2n) is 8.67. The van der Waals surface area contributed by atoms with Crippen LogP contribution in [0.5, 0.6) is 11.5 Å². The van der Waals surface area contributed by atoms with Crippen molar-refractivity contribution in [3.8, 4) is 23.0 Å². The summed E-state index contributed by atoms with van der Waals surface area (Å²) in [5.41, 5.74) is -1.16. The number of oxazole rings is 1. The molecule has 1 aliphatic rings. The van der Waals surface area contributed by atoms with Crippen LogP contribution in [0.15, 0.2) is 22.6 Å². The van der Waals surface area contributed by atoms with Crippen LogP contribution < -0.4 is 14.8 Å². The Morgan fingerprint density at radius 2 is 1.94 bits per heavy atom. The lowest BCUT2D eigenvalue weighted by molar-refractivity contribution is -0.0515. The minimum Gasteiger partial charge on any atom is -0.489 e. The van der Waals surface area contributed by atoms with Gasteiger partial charge in [0.05, 0.1) is 12.6 Å². The lowest BCUT2D eigenvalue weighted by Crippen LogP contribution is -2.34. The molecule has 180 valence electrons. The molecule has 3 rings (SSSR count). The molecule has 1 atom stereocenters. The number of benzene rings is 1. The highest BCUT2D eigenvalue weighted by Gasteiger charge is 2.28. The molecule has 1 saturated carbocycles. The zero-order chi connectivity index (χ0) is 24.3. The number of hydrogen-bond donors (Lipinski definition) is 1. The molecule has 0 spiro atoms. The number of alkyl halides is 2. The van der Waals surface area contributed by atoms with Crippen molar-refractivity contribution in [2.75, 3.05) is 6.61 Å². The first-order chi connectivity index (χ1) is 15.4. The van der Waals surface area contributed by atoms with E-state index in [1.807, 2.05) is 0 Å². The molecule has 1 amide bonds. The number of amides is 1. The molecular formula is C22H25F3N2O6. The number of carbonyl (C=O) groups excluding carboxylic acids is 2. The number of alkyl carbamates (subject to hydrolysis) is 1. The lowest BCUT2D eigenvalue weighted by atomic mass is 10.2. The Balaban J connectivity index is 1.88. The topological polar surface area (TPSA) is 99.9 Å². The van der Waals surface area contributed by atoms with Crippen LogP contribution in [-0.2, 0) is 4.74 Å². The van der Waals surface area contributed by atoms with Gasteiger partial charge in [-0.2, -0.15) is 13.2 Å². The third kappa shape index (κ3) is 6.87. The molecule has 1 heterocycles. The predicted molar refractivity (Wildman–Crippen MR) is 110 cm³/mol. The van der Waals surface area contributed by atoms with Gasteiger partial charge >= 0.3 is 18.7 Å². The Kier molecular flexibility index (Phi) is 7.19. The van der Waals surface area contributed by atoms with Crippen LogP contribution in [0.4, 0.5) is 18.0 Å². The van der Waals surface area contributed by atoms with E-state index in [-0.39, 0.29) is 28.7 Å². The molecule has 8 nitrogen and oxygen atoms in total. The first kappa shape index (κ1) is 24.4. The van der Waals surface area contributed by atoms with Crippen LogP contribution in [-0.4, -0.2) is 35.9 Å². The molecule has 1 aliphatic carbocycles. The molecule has 0 radical (unpaired) electrons. The number of carbonyl (C=O) groups is 2. The van der Waals surface area contributed by atoms with Crippen molar-refractivity contribution >= 4 is 12.1 Å². The molecule has 0 aliphatic heterocycles. The Bertz CT molecular complexity index is 1010. The summed E-state index contributed by atoms with van der Waals surface area (Å²) in [7, 11) is 0. The lowest BCUT2D eigenvalue weighted by Gasteiger charge is -2.21. The van der Waals surface area contributed by atoms with Gasteiger partial charge in [-0.1, -0.05) is 0 Å². The summed E-state index contributed by atoms with van der Waals surface area (Å²) in [5.74, 6) is -0.187. The highest BCUT2D eigenvalue weighted by Crippen LogP contribution is 2.37. The van der Waals surface area contributed by atoms with Gasteiger partial charge in [-0.15, -0.1) is 0 Å². The summed E-state index contributed by atoms with van der Waals surface area (Å²) in [6, 6.07) is 1.14. The number of nitrogens with zero attached hydrogens (tertiary/aromatic N) is 1. The second-order valence-corrected chi connectivity index (χ2v) is 8.67. The number of nitrogens with one attached hydrogen (secondary N) is 1. The van der Waals surface area contributed by atoms with E-state index in [2.05, 4.69) is 15.0 Å². The summed E-state index contributed by atoms with van der Waals surface area (Å²) in [5, 5.41) is 2.45. The quantitative estimate of drug-likeness (QED) is 0.488. The van der Waals surface area contributed by atoms with Crippen LogP contribution in [0.25, 0.3) is 11.5 Å². The van der Waals surface area contributed by atoms with E-state index < -0.39 is 36.1 Å². The van der Waals surface area contributed by atoms with Crippen LogP contribution in [0, 0.1) is 5.92 Å². The number of aromatic nitrogens is 1. The van der Waals surface area contributed by atoms with Crippen molar-refractivity contribution in [2.24, 2.45) is 5.92 Å². The van der Waals surface area contributed by atoms with Crippen molar-refractivity contribution in [3.63, 3.8) is 0 Å². The third-order valence-corrected chi connectivity index (χ3v) is 4.54. The maximum absolute atomic E-state index is 13.7. The van der Waals surface area contributed by atoms with Crippen molar-refractivity contribution < 1.29 is 41.4 Å². The molecule has 1 N–H and O–H groups in total. The van der Waals surface area contributed by atoms with E-state index in [1.54, 1.807) is 20.8 Å². The smallest absolute Gasteiger partial charge is 0.408 e. The summed E-state index contributed by atoms with van der Waals surface area (Å²) in [4.78, 5) is 27.4. The zero-order valence-corrected chi connectivity index (χ0v) is 18.6. The van der Waals surface area contributed by atoms with Gasteiger partial charge < -0.3 is 23.9 Å². The number of ether oxygens (including phenoxy) is 3. The fraction of sp³-hybridized carbons (Fsp3) is 0.500. The van der Waals surface area contributed by atoms with E-state index >= 15 is 0 Å². The Labute approximate surface area is 188 Å². The largest absolute Gasteiger partial charge is 0.489 e. The molecule has 1 aromatic carbocycles. The number of halogens is 3. The average molecular weight is 470 g/mol. The first-order valence-electron chi connectivity index (χ1n) is 10.3. The highest BCUT2D eigenvalue weighted by molar-refractivity contribution is 5.88. The van der Waals surface area contributed by atoms with Gasteiger partial charge in [0.25, 0.3) is 0 Å². The minimum absolute atomic E-state index is 0.0347. The van der Waals surface area contributed by atoms with Gasteiger partial charge in [0.2, 0.25) is 5.89 Å². The summed E-state index contributed by atoms with van der Waals surface area (Å²) in [6.45, 7) is 3.75. The van der Waals surface area contributed by atoms with E-state index in [0.717, 1.165) is 12.8 Å². The standard InChI is InChI=1S/C22H25F3N2O6/c1-11(26-21(29)33-22(2,3)4)17-16(18(23)28)27-19(32-17)13-7-8-14(31-20(24)25)15(9-13)30-10-12-5-6-12/h7-9,11-12,20H,5-6,10H2,1-4H3,(H,26,29)/t11-/m0/s1. The van der Waals surface area contributed by atoms with Crippen LogP contribution in [0.2, 0.25) is 0 Å². The molecule has 1 fully saturated rings. The molecule has 0 saturated heterocycles. The minimum atomic E-state index is -3.05. The second kappa shape index (κ2) is 9.72. The Morgan fingerprint density at radius 3 is 2.52 bits per heavy atom. The fourth-order valence-electron chi connectivity index (χ4n) is 2.88. The molecule has 0 unspecified atom stereocenters. The van der Waals surface area contributed by atoms with Crippen LogP contribution >= 0.6 is 0 Å². The Hall–Kier alpha value is -3.24. The highest BCUT2D eigenvalue weighted by atomic mass is 19.3. The van der Waals surface area contributed by atoms with Gasteiger partial charge in [-0.25, -0.2) is 9.78 Å². The van der Waals surface area contributed by atoms with E-state index in [1.165, 1.54) is 25.1 Å². The third-order valence-electron chi connectivity index (χ3n) is 4.54. The van der Waals surface area contributed by atoms with Crippen LogP contribution in [0.3, 0.4) is 0 Å². The summed E-state index contributed by atoms with van der Waals surface area (Å²) in [6.07, 6.45) is 1.17. The first-order valence-corrected chi connectivity index (χ1v) is 10.3. The van der Waals surface area contributed by atoms with Gasteiger partial charge in [0, 0.05) is 5.56 Å². The van der Waals surface area contributed by atoms with E-state index in [9.17, 15) is 22.8 Å². The monoisotopic (exact) mass is 470 g/mol. The van der Waals surface area contributed by atoms with Gasteiger partial charge in [0.1, 0.15) is 5.60 Å². The molecule has 1 aromatic heterocycles. The Morgan fingerprint density at radius 1 is 1.24 bits per heavy atom. The predicted octanol–water partition coefficient (Wildman–Crippen LogP) is 5.43. The zero-order valence-electron chi connectivity index (χ0n) is 18.6. The SMILES string of the molecule is C[C@H](NC(=O)OC(C)(C)C)c1oc(-c2ccc(OC(F)F)c(OCC3CC3)c2)nc1C(=O)F. The molecule has 2 aromatic rings. The fourth-order valence-corrected chi connectivity index (χ4v) is 2.88. The van der Waals surface area contributed by atoms with E-state index in [4.69, 9.17) is 13.9 Å². The molecular weight excluding hydrogens is 445 g/mol. The van der Waals surface area contributed by atoms with E-state index in [0.29, 0.717) is 12.5 Å². The van der Waals surface area contributed by atoms with Crippen LogP contribution in [0.1, 0.15) is 62.8 Å². The summed E-state index contributed by atoms with van der Waals surface area (Å²) >= 11 is 0. The molecule has 11 heteroatoms. The van der Waals surface area contributed by atoms with Gasteiger partial charge in [-0.05, 0) is 64.7 Å². The molecule has 33 heavy (non-hydrogen) atoms. The van der Waals surface area contributed by atoms with Crippen molar-refractivity contribution in [1.29, 1.82) is 0 Å². The van der Waals surface area contributed by atoms with Crippen molar-refractivity contribution in [3.05, 3.63) is 29.7 Å².